The lowest BCUT2D eigenvalue weighted by molar-refractivity contribution is 0.0873. The molecule has 134 valence electrons. The molecule has 2 atom stereocenters. The molecule has 2 N–H and O–H groups in total. The Kier molecular flexibility index (Phi) is 17.8. The summed E-state index contributed by atoms with van der Waals surface area (Å²) in [4.78, 5) is 0. The van der Waals surface area contributed by atoms with Gasteiger partial charge in [-0.3, -0.25) is 0 Å². The highest BCUT2D eigenvalue weighted by molar-refractivity contribution is 7.99. The van der Waals surface area contributed by atoms with Gasteiger partial charge in [0.25, 0.3) is 0 Å². The Morgan fingerprint density at radius 1 is 0.636 bits per heavy atom. The highest BCUT2D eigenvalue weighted by Gasteiger charge is 2.09. The van der Waals surface area contributed by atoms with Crippen molar-refractivity contribution in [2.24, 2.45) is 0 Å². The summed E-state index contributed by atoms with van der Waals surface area (Å²) in [5.74, 6) is 0.962. The van der Waals surface area contributed by atoms with Crippen LogP contribution >= 0.6 is 11.8 Å². The van der Waals surface area contributed by atoms with Crippen LogP contribution in [0.15, 0.2) is 0 Å². The van der Waals surface area contributed by atoms with Gasteiger partial charge >= 0.3 is 0 Å². The number of hydrogen-bond acceptors (Lipinski definition) is 3. The highest BCUT2D eigenvalue weighted by Crippen LogP contribution is 2.16. The molecular formula is C19H40O2S. The number of aliphatic hydroxyl groups excluding tert-OH is 2. The van der Waals surface area contributed by atoms with E-state index in [9.17, 15) is 5.11 Å². The SMILES string of the molecule is CCCCCCCCCCCCCCCCSC(O)C(C)O. The van der Waals surface area contributed by atoms with E-state index in [0.717, 1.165) is 12.2 Å². The summed E-state index contributed by atoms with van der Waals surface area (Å²) < 4.78 is 0. The number of unbranched alkanes of at least 4 members (excludes halogenated alkanes) is 13. The largest absolute Gasteiger partial charge is 0.390 e. The van der Waals surface area contributed by atoms with Crippen molar-refractivity contribution in [2.45, 2.75) is 115 Å². The first-order valence-corrected chi connectivity index (χ1v) is 10.7. The Morgan fingerprint density at radius 3 is 1.36 bits per heavy atom. The average molecular weight is 333 g/mol. The lowest BCUT2D eigenvalue weighted by atomic mass is 10.0. The standard InChI is InChI=1S/C19H40O2S/c1-3-4-5-6-7-8-9-10-11-12-13-14-15-16-17-22-19(21)18(2)20/h18-21H,3-17H2,1-2H3. The molecular weight excluding hydrogens is 292 g/mol. The Balaban J connectivity index is 3.03. The van der Waals surface area contributed by atoms with Crippen molar-refractivity contribution < 1.29 is 10.2 Å². The molecule has 2 unspecified atom stereocenters. The first-order chi connectivity index (χ1) is 10.7. The van der Waals surface area contributed by atoms with Gasteiger partial charge in [0, 0.05) is 0 Å². The molecule has 0 aromatic carbocycles. The van der Waals surface area contributed by atoms with Gasteiger partial charge in [-0.1, -0.05) is 90.4 Å². The third-order valence-electron chi connectivity index (χ3n) is 4.20. The molecule has 0 spiro atoms. The summed E-state index contributed by atoms with van der Waals surface area (Å²) in [6.07, 6.45) is 18.6. The summed E-state index contributed by atoms with van der Waals surface area (Å²) in [6, 6.07) is 0. The number of hydrogen-bond donors (Lipinski definition) is 2. The Hall–Kier alpha value is 0.270. The van der Waals surface area contributed by atoms with Crippen LogP contribution in [0.1, 0.15) is 104 Å². The van der Waals surface area contributed by atoms with Gasteiger partial charge in [-0.2, -0.15) is 0 Å². The summed E-state index contributed by atoms with van der Waals surface area (Å²) >= 11 is 1.47. The molecule has 0 bridgehead atoms. The predicted octanol–water partition coefficient (Wildman–Crippen LogP) is 5.90. The zero-order valence-electron chi connectivity index (χ0n) is 15.1. The smallest absolute Gasteiger partial charge is 0.125 e. The zero-order valence-corrected chi connectivity index (χ0v) is 15.9. The van der Waals surface area contributed by atoms with Gasteiger partial charge in [0.2, 0.25) is 0 Å². The minimum absolute atomic E-state index is 0.609. The second-order valence-electron chi connectivity index (χ2n) is 6.60. The van der Waals surface area contributed by atoms with Gasteiger partial charge in [0.1, 0.15) is 5.44 Å². The van der Waals surface area contributed by atoms with Gasteiger partial charge in [-0.15, -0.1) is 11.8 Å². The summed E-state index contributed by atoms with van der Waals surface area (Å²) in [5.41, 5.74) is -0.609. The molecule has 0 aliphatic carbocycles. The molecule has 0 aliphatic rings. The molecule has 0 saturated carbocycles. The maximum absolute atomic E-state index is 9.44. The molecule has 0 aliphatic heterocycles. The second-order valence-corrected chi connectivity index (χ2v) is 7.82. The molecule has 0 fully saturated rings. The van der Waals surface area contributed by atoms with Crippen LogP contribution in [0.3, 0.4) is 0 Å². The maximum Gasteiger partial charge on any atom is 0.125 e. The van der Waals surface area contributed by atoms with Crippen LogP contribution in [0.5, 0.6) is 0 Å². The van der Waals surface area contributed by atoms with E-state index < -0.39 is 11.5 Å². The van der Waals surface area contributed by atoms with E-state index in [1.54, 1.807) is 6.92 Å². The van der Waals surface area contributed by atoms with Crippen molar-refractivity contribution in [3.05, 3.63) is 0 Å². The van der Waals surface area contributed by atoms with E-state index in [0.29, 0.717) is 0 Å². The Morgan fingerprint density at radius 2 is 1.00 bits per heavy atom. The van der Waals surface area contributed by atoms with E-state index in [1.807, 2.05) is 0 Å². The van der Waals surface area contributed by atoms with Crippen LogP contribution in [-0.2, 0) is 0 Å². The lowest BCUT2D eigenvalue weighted by Crippen LogP contribution is -2.18. The van der Waals surface area contributed by atoms with Crippen LogP contribution < -0.4 is 0 Å². The first kappa shape index (κ1) is 22.3. The lowest BCUT2D eigenvalue weighted by Gasteiger charge is -2.12. The quantitative estimate of drug-likeness (QED) is 0.257. The number of rotatable bonds is 17. The van der Waals surface area contributed by atoms with Crippen LogP contribution in [0.2, 0.25) is 0 Å². The molecule has 0 amide bonds. The van der Waals surface area contributed by atoms with Crippen molar-refractivity contribution in [1.29, 1.82) is 0 Å². The third kappa shape index (κ3) is 16.6. The van der Waals surface area contributed by atoms with Crippen LogP contribution in [-0.4, -0.2) is 27.5 Å². The van der Waals surface area contributed by atoms with E-state index in [-0.39, 0.29) is 0 Å². The molecule has 0 rings (SSSR count). The van der Waals surface area contributed by atoms with Crippen LogP contribution in [0, 0.1) is 0 Å². The Bertz CT molecular complexity index is 210. The van der Waals surface area contributed by atoms with E-state index in [2.05, 4.69) is 6.92 Å². The summed E-state index contributed by atoms with van der Waals surface area (Å²) in [5, 5.41) is 18.6. The van der Waals surface area contributed by atoms with Gasteiger partial charge < -0.3 is 10.2 Å². The number of thioether (sulfide) groups is 1. The third-order valence-corrected chi connectivity index (χ3v) is 5.46. The molecule has 2 nitrogen and oxygen atoms in total. The zero-order chi connectivity index (χ0) is 16.5. The van der Waals surface area contributed by atoms with E-state index >= 15 is 0 Å². The maximum atomic E-state index is 9.44. The minimum Gasteiger partial charge on any atom is -0.390 e. The second kappa shape index (κ2) is 17.6. The molecule has 0 radical (unpaired) electrons. The van der Waals surface area contributed by atoms with Gasteiger partial charge in [0.05, 0.1) is 6.10 Å². The summed E-state index contributed by atoms with van der Waals surface area (Å²) in [6.45, 7) is 3.92. The minimum atomic E-state index is -0.614. The highest BCUT2D eigenvalue weighted by atomic mass is 32.2. The van der Waals surface area contributed by atoms with Gasteiger partial charge in [-0.05, 0) is 19.1 Å². The topological polar surface area (TPSA) is 40.5 Å². The van der Waals surface area contributed by atoms with E-state index in [4.69, 9.17) is 5.11 Å². The summed E-state index contributed by atoms with van der Waals surface area (Å²) in [7, 11) is 0. The molecule has 0 saturated heterocycles. The fourth-order valence-corrected chi connectivity index (χ4v) is 3.53. The van der Waals surface area contributed by atoms with Crippen molar-refractivity contribution >= 4 is 11.8 Å². The van der Waals surface area contributed by atoms with Crippen molar-refractivity contribution in [2.75, 3.05) is 5.75 Å². The fraction of sp³-hybridized carbons (Fsp3) is 1.00. The van der Waals surface area contributed by atoms with Gasteiger partial charge in [-0.25, -0.2) is 0 Å². The normalized spacial score (nSPS) is 14.2. The molecule has 22 heavy (non-hydrogen) atoms. The van der Waals surface area contributed by atoms with Crippen molar-refractivity contribution in [3.8, 4) is 0 Å². The predicted molar refractivity (Wildman–Crippen MR) is 100 cm³/mol. The van der Waals surface area contributed by atoms with Crippen LogP contribution in [0.25, 0.3) is 0 Å². The fourth-order valence-electron chi connectivity index (χ4n) is 2.64. The van der Waals surface area contributed by atoms with Gasteiger partial charge in [0.15, 0.2) is 0 Å². The molecule has 0 heterocycles. The molecule has 3 heteroatoms. The first-order valence-electron chi connectivity index (χ1n) is 9.66. The van der Waals surface area contributed by atoms with Crippen LogP contribution in [0.4, 0.5) is 0 Å². The average Bonchev–Trinajstić information content (AvgIpc) is 2.50. The van der Waals surface area contributed by atoms with Crippen molar-refractivity contribution in [3.63, 3.8) is 0 Å². The Labute approximate surface area is 143 Å². The molecule has 0 aromatic rings. The molecule has 0 aromatic heterocycles. The van der Waals surface area contributed by atoms with Crippen molar-refractivity contribution in [1.82, 2.24) is 0 Å². The number of aliphatic hydroxyl groups is 2. The van der Waals surface area contributed by atoms with E-state index in [1.165, 1.54) is 95.2 Å². The monoisotopic (exact) mass is 332 g/mol.